The number of carbonyl (C=O) groups is 2. The number of fused-ring (bicyclic) bond motifs is 1. The van der Waals surface area contributed by atoms with Crippen LogP contribution in [0.4, 0.5) is 24.8 Å². The summed E-state index contributed by atoms with van der Waals surface area (Å²) < 4.78 is 41.4. The highest BCUT2D eigenvalue weighted by molar-refractivity contribution is 6.30. The molecule has 2 aliphatic rings. The second kappa shape index (κ2) is 10.6. The average molecular weight is 525 g/mol. The Balaban J connectivity index is 1.52. The van der Waals surface area contributed by atoms with Gasteiger partial charge >= 0.3 is 6.18 Å². The van der Waals surface area contributed by atoms with Crippen molar-refractivity contribution < 1.29 is 22.8 Å². The monoisotopic (exact) mass is 524 g/mol. The van der Waals surface area contributed by atoms with Gasteiger partial charge in [-0.25, -0.2) is 9.97 Å². The number of aromatic nitrogens is 2. The second-order valence-electron chi connectivity index (χ2n) is 9.29. The second-order valence-corrected chi connectivity index (χ2v) is 9.72. The van der Waals surface area contributed by atoms with Crippen molar-refractivity contribution >= 4 is 35.1 Å². The fourth-order valence-electron chi connectivity index (χ4n) is 4.56. The van der Waals surface area contributed by atoms with Gasteiger partial charge in [-0.1, -0.05) is 37.6 Å². The van der Waals surface area contributed by atoms with E-state index in [0.717, 1.165) is 11.9 Å². The molecule has 1 fully saturated rings. The van der Waals surface area contributed by atoms with Crippen molar-refractivity contribution in [1.29, 1.82) is 0 Å². The Bertz CT molecular complexity index is 1100. The Kier molecular flexibility index (Phi) is 7.70. The third kappa shape index (κ3) is 5.73. The predicted octanol–water partition coefficient (Wildman–Crippen LogP) is 3.55. The molecule has 194 valence electrons. The van der Waals surface area contributed by atoms with Crippen LogP contribution in [-0.4, -0.2) is 71.6 Å². The summed E-state index contributed by atoms with van der Waals surface area (Å²) in [7, 11) is 0. The van der Waals surface area contributed by atoms with E-state index in [-0.39, 0.29) is 29.1 Å². The lowest BCUT2D eigenvalue weighted by molar-refractivity contribution is -0.156. The number of hydrogen-bond donors (Lipinski definition) is 2. The normalized spacial score (nSPS) is 19.2. The quantitative estimate of drug-likeness (QED) is 0.601. The standard InChI is InChI=1S/C24H28ClF3N6O2/c1-14(2)29-12-17(15-3-5-16(25)6-4-15)23(36)34-9-7-33(8-10-34)22-20-18(24(26,27)28)11-19(35)32-21(20)30-13-31-22/h3-6,13-14,17-18,29H,7-12H2,1-2H3,(H,30,31,32,35)/t17-,18+/m1/s1. The van der Waals surface area contributed by atoms with E-state index in [1.807, 2.05) is 26.0 Å². The zero-order valence-corrected chi connectivity index (χ0v) is 20.7. The van der Waals surface area contributed by atoms with Crippen molar-refractivity contribution in [3.63, 3.8) is 0 Å². The van der Waals surface area contributed by atoms with Gasteiger partial charge in [0.05, 0.1) is 17.4 Å². The minimum absolute atomic E-state index is 0.0599. The van der Waals surface area contributed by atoms with Crippen LogP contribution >= 0.6 is 11.6 Å². The number of nitrogens with one attached hydrogen (secondary N) is 2. The van der Waals surface area contributed by atoms with Crippen LogP contribution in [-0.2, 0) is 9.59 Å². The summed E-state index contributed by atoms with van der Waals surface area (Å²) in [6.45, 7) is 5.71. The number of halogens is 4. The molecule has 1 aromatic carbocycles. The molecule has 4 rings (SSSR count). The topological polar surface area (TPSA) is 90.5 Å². The molecule has 0 saturated carbocycles. The largest absolute Gasteiger partial charge is 0.396 e. The maximum Gasteiger partial charge on any atom is 0.396 e. The Morgan fingerprint density at radius 2 is 1.83 bits per heavy atom. The molecular formula is C24H28ClF3N6O2. The highest BCUT2D eigenvalue weighted by atomic mass is 35.5. The van der Waals surface area contributed by atoms with E-state index in [1.54, 1.807) is 21.9 Å². The van der Waals surface area contributed by atoms with Gasteiger partial charge in [0.1, 0.15) is 18.0 Å². The predicted molar refractivity (Wildman–Crippen MR) is 130 cm³/mol. The first-order chi connectivity index (χ1) is 17.0. The summed E-state index contributed by atoms with van der Waals surface area (Å²) in [6, 6.07) is 7.36. The zero-order valence-electron chi connectivity index (χ0n) is 20.0. The molecule has 0 unspecified atom stereocenters. The molecule has 0 spiro atoms. The smallest absolute Gasteiger partial charge is 0.353 e. The van der Waals surface area contributed by atoms with Gasteiger partial charge in [0.15, 0.2) is 0 Å². The molecular weight excluding hydrogens is 497 g/mol. The zero-order chi connectivity index (χ0) is 26.0. The van der Waals surface area contributed by atoms with Crippen molar-refractivity contribution in [3.8, 4) is 0 Å². The molecule has 1 saturated heterocycles. The van der Waals surface area contributed by atoms with Gasteiger partial charge in [-0.05, 0) is 17.7 Å². The van der Waals surface area contributed by atoms with Crippen LogP contribution in [0.3, 0.4) is 0 Å². The number of amides is 2. The molecule has 2 amide bonds. The molecule has 2 atom stereocenters. The van der Waals surface area contributed by atoms with Crippen LogP contribution in [0.2, 0.25) is 5.02 Å². The summed E-state index contributed by atoms with van der Waals surface area (Å²) in [4.78, 5) is 36.8. The molecule has 12 heteroatoms. The van der Waals surface area contributed by atoms with Crippen LogP contribution in [0.15, 0.2) is 30.6 Å². The van der Waals surface area contributed by atoms with E-state index in [1.165, 1.54) is 0 Å². The van der Waals surface area contributed by atoms with E-state index in [0.29, 0.717) is 37.7 Å². The highest BCUT2D eigenvalue weighted by Crippen LogP contribution is 2.46. The highest BCUT2D eigenvalue weighted by Gasteiger charge is 2.48. The SMILES string of the molecule is CC(C)NC[C@@H](C(=O)N1CCN(c2ncnc3c2[C@@H](C(F)(F)F)CC(=O)N3)CC1)c1ccc(Cl)cc1. The first-order valence-electron chi connectivity index (χ1n) is 11.8. The van der Waals surface area contributed by atoms with Crippen molar-refractivity contribution in [2.75, 3.05) is 42.9 Å². The van der Waals surface area contributed by atoms with Crippen molar-refractivity contribution in [3.05, 3.63) is 46.7 Å². The third-order valence-corrected chi connectivity index (χ3v) is 6.70. The number of piperazine rings is 1. The Morgan fingerprint density at radius 1 is 1.17 bits per heavy atom. The van der Waals surface area contributed by atoms with Gasteiger partial charge in [-0.3, -0.25) is 9.59 Å². The summed E-state index contributed by atoms with van der Waals surface area (Å²) in [6.07, 6.45) is -4.17. The third-order valence-electron chi connectivity index (χ3n) is 6.45. The van der Waals surface area contributed by atoms with Gasteiger partial charge in [-0.2, -0.15) is 13.2 Å². The van der Waals surface area contributed by atoms with E-state index >= 15 is 0 Å². The van der Waals surface area contributed by atoms with Crippen molar-refractivity contribution in [1.82, 2.24) is 20.2 Å². The van der Waals surface area contributed by atoms with E-state index in [4.69, 9.17) is 11.6 Å². The molecule has 3 heterocycles. The molecule has 8 nitrogen and oxygen atoms in total. The molecule has 1 aromatic heterocycles. The summed E-state index contributed by atoms with van der Waals surface area (Å²) in [5.74, 6) is -3.16. The number of anilines is 2. The number of alkyl halides is 3. The lowest BCUT2D eigenvalue weighted by Crippen LogP contribution is -2.52. The van der Waals surface area contributed by atoms with Crippen molar-refractivity contribution in [2.24, 2.45) is 0 Å². The molecule has 0 radical (unpaired) electrons. The van der Waals surface area contributed by atoms with Crippen molar-refractivity contribution in [2.45, 2.75) is 44.3 Å². The average Bonchev–Trinajstić information content (AvgIpc) is 2.83. The van der Waals surface area contributed by atoms with Crippen LogP contribution < -0.4 is 15.5 Å². The summed E-state index contributed by atoms with van der Waals surface area (Å²) >= 11 is 6.02. The number of carbonyl (C=O) groups excluding carboxylic acids is 2. The Labute approximate surface area is 212 Å². The van der Waals surface area contributed by atoms with Crippen LogP contribution in [0, 0.1) is 0 Å². The fourth-order valence-corrected chi connectivity index (χ4v) is 4.69. The maximum absolute atomic E-state index is 13.8. The van der Waals surface area contributed by atoms with E-state index < -0.39 is 30.3 Å². The van der Waals surface area contributed by atoms with Crippen LogP contribution in [0.25, 0.3) is 0 Å². The molecule has 0 bridgehead atoms. The van der Waals surface area contributed by atoms with E-state index in [2.05, 4.69) is 20.6 Å². The van der Waals surface area contributed by atoms with Gasteiger partial charge in [0.25, 0.3) is 0 Å². The molecule has 2 aliphatic heterocycles. The molecule has 36 heavy (non-hydrogen) atoms. The van der Waals surface area contributed by atoms with Crippen LogP contribution in [0.1, 0.15) is 43.2 Å². The molecule has 2 N–H and O–H groups in total. The number of benzene rings is 1. The number of rotatable bonds is 6. The Morgan fingerprint density at radius 3 is 2.44 bits per heavy atom. The summed E-state index contributed by atoms with van der Waals surface area (Å²) in [5.41, 5.74) is 0.721. The lowest BCUT2D eigenvalue weighted by atomic mass is 9.91. The van der Waals surface area contributed by atoms with Gasteiger partial charge < -0.3 is 20.4 Å². The summed E-state index contributed by atoms with van der Waals surface area (Å²) in [5, 5.41) is 6.33. The lowest BCUT2D eigenvalue weighted by Gasteiger charge is -2.39. The Hall–Kier alpha value is -2.92. The minimum Gasteiger partial charge on any atom is -0.353 e. The minimum atomic E-state index is -4.61. The first kappa shape index (κ1) is 26.2. The number of nitrogens with zero attached hydrogens (tertiary/aromatic N) is 4. The molecule has 0 aliphatic carbocycles. The fraction of sp³-hybridized carbons (Fsp3) is 0.500. The van der Waals surface area contributed by atoms with Gasteiger partial charge in [-0.15, -0.1) is 0 Å². The maximum atomic E-state index is 13.8. The molecule has 2 aromatic rings. The number of hydrogen-bond acceptors (Lipinski definition) is 6. The van der Waals surface area contributed by atoms with Gasteiger partial charge in [0.2, 0.25) is 11.8 Å². The van der Waals surface area contributed by atoms with E-state index in [9.17, 15) is 22.8 Å². The van der Waals surface area contributed by atoms with Crippen LogP contribution in [0.5, 0.6) is 0 Å². The van der Waals surface area contributed by atoms with Gasteiger partial charge in [0, 0.05) is 50.2 Å². The first-order valence-corrected chi connectivity index (χ1v) is 12.2.